The number of carbonyl (C=O) groups excluding carboxylic acids is 1. The topological polar surface area (TPSA) is 92.3 Å². The highest BCUT2D eigenvalue weighted by molar-refractivity contribution is 7.89. The molecule has 2 aromatic heterocycles. The van der Waals surface area contributed by atoms with Gasteiger partial charge in [-0.3, -0.25) is 14.8 Å². The van der Waals surface area contributed by atoms with E-state index in [-0.39, 0.29) is 11.3 Å². The number of amides is 1. The minimum atomic E-state index is -4.94. The van der Waals surface area contributed by atoms with Gasteiger partial charge in [-0.2, -0.15) is 30.6 Å². The smallest absolute Gasteiger partial charge is 0.351 e. The fourth-order valence-electron chi connectivity index (χ4n) is 4.36. The Morgan fingerprint density at radius 3 is 2.22 bits per heavy atom. The molecule has 0 radical (unpaired) electrons. The molecule has 4 rings (SSSR count). The van der Waals surface area contributed by atoms with E-state index in [0.717, 1.165) is 42.6 Å². The number of hydrogen-bond donors (Lipinski definition) is 1. The molecule has 7 nitrogen and oxygen atoms in total. The van der Waals surface area contributed by atoms with E-state index in [1.165, 1.54) is 6.92 Å². The molecular formula is C25H20F8N4O3S. The van der Waals surface area contributed by atoms with E-state index in [4.69, 9.17) is 0 Å². The lowest BCUT2D eigenvalue weighted by Gasteiger charge is -2.27. The summed E-state index contributed by atoms with van der Waals surface area (Å²) in [4.78, 5) is 19.5. The molecule has 1 saturated heterocycles. The Morgan fingerprint density at radius 1 is 1.00 bits per heavy atom. The van der Waals surface area contributed by atoms with E-state index < -0.39 is 87.0 Å². The first-order valence-electron chi connectivity index (χ1n) is 11.8. The van der Waals surface area contributed by atoms with Gasteiger partial charge in [-0.05, 0) is 55.0 Å². The van der Waals surface area contributed by atoms with E-state index in [0.29, 0.717) is 16.6 Å². The quantitative estimate of drug-likeness (QED) is 0.392. The summed E-state index contributed by atoms with van der Waals surface area (Å²) in [5.41, 5.74) is -3.24. The van der Waals surface area contributed by atoms with Crippen molar-refractivity contribution in [2.24, 2.45) is 0 Å². The number of benzene rings is 1. The van der Waals surface area contributed by atoms with Gasteiger partial charge in [-0.15, -0.1) is 0 Å². The van der Waals surface area contributed by atoms with Crippen LogP contribution in [-0.2, 0) is 33.7 Å². The molecule has 3 heterocycles. The fraction of sp³-hybridized carbons (Fsp3) is 0.320. The summed E-state index contributed by atoms with van der Waals surface area (Å²) in [6, 6.07) is 3.13. The van der Waals surface area contributed by atoms with Crippen LogP contribution in [0.2, 0.25) is 0 Å². The number of pyridine rings is 2. The summed E-state index contributed by atoms with van der Waals surface area (Å²) in [6.07, 6.45) is -10.8. The Bertz CT molecular complexity index is 1530. The first-order valence-corrected chi connectivity index (χ1v) is 13.2. The molecule has 3 atom stereocenters. The molecule has 1 amide bonds. The molecule has 0 unspecified atom stereocenters. The molecule has 3 aromatic rings. The fourth-order valence-corrected chi connectivity index (χ4v) is 6.17. The van der Waals surface area contributed by atoms with Crippen LogP contribution < -0.4 is 5.32 Å². The van der Waals surface area contributed by atoms with E-state index in [9.17, 15) is 48.3 Å². The molecule has 1 aromatic carbocycles. The highest BCUT2D eigenvalue weighted by atomic mass is 32.2. The number of hydrogen-bond acceptors (Lipinski definition) is 5. The van der Waals surface area contributed by atoms with Crippen LogP contribution in [0.15, 0.2) is 59.8 Å². The predicted octanol–water partition coefficient (Wildman–Crippen LogP) is 5.13. The Balaban J connectivity index is 1.61. The highest BCUT2D eigenvalue weighted by Crippen LogP contribution is 2.35. The van der Waals surface area contributed by atoms with Crippen molar-refractivity contribution in [2.75, 3.05) is 0 Å². The van der Waals surface area contributed by atoms with Crippen LogP contribution in [-0.4, -0.2) is 46.9 Å². The number of nitrogens with zero attached hydrogens (tertiary/aromatic N) is 3. The van der Waals surface area contributed by atoms with Gasteiger partial charge in [0, 0.05) is 30.9 Å². The third-order valence-corrected chi connectivity index (χ3v) is 8.48. The summed E-state index contributed by atoms with van der Waals surface area (Å²) in [5, 5.41) is 2.20. The third kappa shape index (κ3) is 6.32. The zero-order valence-corrected chi connectivity index (χ0v) is 21.7. The Kier molecular flexibility index (Phi) is 8.10. The molecule has 0 saturated carbocycles. The summed E-state index contributed by atoms with van der Waals surface area (Å²) in [7, 11) is -4.51. The van der Waals surface area contributed by atoms with Crippen molar-refractivity contribution in [1.29, 1.82) is 0 Å². The number of aromatic nitrogens is 2. The Morgan fingerprint density at radius 2 is 1.66 bits per heavy atom. The number of sulfonamides is 1. The second-order valence-electron chi connectivity index (χ2n) is 9.17. The lowest BCUT2D eigenvalue weighted by Crippen LogP contribution is -2.48. The van der Waals surface area contributed by atoms with Crippen molar-refractivity contribution >= 4 is 15.9 Å². The van der Waals surface area contributed by atoms with Gasteiger partial charge in [0.25, 0.3) is 0 Å². The number of halogens is 8. The lowest BCUT2D eigenvalue weighted by atomic mass is 10.1. The number of carbonyl (C=O) groups is 1. The van der Waals surface area contributed by atoms with E-state index in [1.807, 2.05) is 0 Å². The first kappa shape index (κ1) is 30.3. The van der Waals surface area contributed by atoms with Crippen molar-refractivity contribution < 1.29 is 48.3 Å². The van der Waals surface area contributed by atoms with E-state index in [1.54, 1.807) is 0 Å². The van der Waals surface area contributed by atoms with Crippen LogP contribution in [0.5, 0.6) is 0 Å². The molecule has 1 fully saturated rings. The molecule has 220 valence electrons. The summed E-state index contributed by atoms with van der Waals surface area (Å²) < 4.78 is 134. The molecule has 1 N–H and O–H groups in total. The van der Waals surface area contributed by atoms with Crippen LogP contribution in [0.4, 0.5) is 35.1 Å². The number of alkyl halides is 7. The largest absolute Gasteiger partial charge is 0.433 e. The Labute approximate surface area is 228 Å². The molecule has 0 bridgehead atoms. The average Bonchev–Trinajstić information content (AvgIpc) is 3.21. The SMILES string of the molecule is C[C@H]1[C@H](F)C[C@@H](C(=O)NCc2cc(-c3ccc(C(F)(F)F)nc3)ncc2C(F)(F)F)N1S(=O)(=O)c1ccc(F)cc1. The van der Waals surface area contributed by atoms with Gasteiger partial charge >= 0.3 is 12.4 Å². The van der Waals surface area contributed by atoms with Gasteiger partial charge in [-0.1, -0.05) is 0 Å². The Hall–Kier alpha value is -3.66. The van der Waals surface area contributed by atoms with Crippen LogP contribution in [0.3, 0.4) is 0 Å². The molecular weight excluding hydrogens is 588 g/mol. The zero-order valence-electron chi connectivity index (χ0n) is 20.8. The minimum Gasteiger partial charge on any atom is -0.351 e. The van der Waals surface area contributed by atoms with Gasteiger partial charge in [0.1, 0.15) is 23.7 Å². The molecule has 1 aliphatic heterocycles. The first-order chi connectivity index (χ1) is 19.0. The standard InChI is InChI=1S/C25H20F8N4O3S/c1-13-19(27)9-21(37(13)41(39,40)17-5-3-16(26)4-6-17)23(38)36-11-15-8-20(34-12-18(15)24(28,29)30)14-2-7-22(35-10-14)25(31,32)33/h2-8,10,12-13,19,21H,9,11H2,1H3,(H,36,38)/t13-,19+,21-/m0/s1. The maximum absolute atomic E-state index is 14.6. The maximum Gasteiger partial charge on any atom is 0.433 e. The number of nitrogens with one attached hydrogen (secondary N) is 1. The maximum atomic E-state index is 14.6. The molecule has 41 heavy (non-hydrogen) atoms. The third-order valence-electron chi connectivity index (χ3n) is 6.47. The van der Waals surface area contributed by atoms with E-state index in [2.05, 4.69) is 15.3 Å². The van der Waals surface area contributed by atoms with Gasteiger partial charge < -0.3 is 5.32 Å². The summed E-state index contributed by atoms with van der Waals surface area (Å²) in [6.45, 7) is 0.414. The monoisotopic (exact) mass is 608 g/mol. The van der Waals surface area contributed by atoms with Crippen LogP contribution >= 0.6 is 0 Å². The molecule has 0 spiro atoms. The second-order valence-corrected chi connectivity index (χ2v) is 11.0. The number of rotatable bonds is 6. The van der Waals surface area contributed by atoms with Gasteiger partial charge in [-0.25, -0.2) is 17.2 Å². The average molecular weight is 609 g/mol. The van der Waals surface area contributed by atoms with Crippen molar-refractivity contribution in [1.82, 2.24) is 19.6 Å². The summed E-state index contributed by atoms with van der Waals surface area (Å²) >= 11 is 0. The van der Waals surface area contributed by atoms with Crippen molar-refractivity contribution in [3.05, 3.63) is 77.5 Å². The molecule has 16 heteroatoms. The molecule has 0 aliphatic carbocycles. The second kappa shape index (κ2) is 11.0. The van der Waals surface area contributed by atoms with Crippen molar-refractivity contribution in [3.8, 4) is 11.3 Å². The van der Waals surface area contributed by atoms with Gasteiger partial charge in [0.05, 0.1) is 22.2 Å². The minimum absolute atomic E-state index is 0.0410. The van der Waals surface area contributed by atoms with Gasteiger partial charge in [0.2, 0.25) is 15.9 Å². The van der Waals surface area contributed by atoms with Crippen LogP contribution in [0.1, 0.15) is 30.2 Å². The lowest BCUT2D eigenvalue weighted by molar-refractivity contribution is -0.141. The predicted molar refractivity (Wildman–Crippen MR) is 128 cm³/mol. The van der Waals surface area contributed by atoms with E-state index >= 15 is 0 Å². The van der Waals surface area contributed by atoms with Crippen LogP contribution in [0.25, 0.3) is 11.3 Å². The van der Waals surface area contributed by atoms with Gasteiger partial charge in [0.15, 0.2) is 0 Å². The highest BCUT2D eigenvalue weighted by Gasteiger charge is 2.49. The van der Waals surface area contributed by atoms with Crippen LogP contribution in [0, 0.1) is 5.82 Å². The van der Waals surface area contributed by atoms with Crippen molar-refractivity contribution in [2.45, 2.75) is 55.4 Å². The van der Waals surface area contributed by atoms with Crippen molar-refractivity contribution in [3.63, 3.8) is 0 Å². The zero-order chi connectivity index (χ0) is 30.3. The molecule has 1 aliphatic rings. The normalized spacial score (nSPS) is 20.3. The summed E-state index contributed by atoms with van der Waals surface area (Å²) in [5.74, 6) is -1.83.